The van der Waals surface area contributed by atoms with E-state index in [4.69, 9.17) is 0 Å². The Labute approximate surface area is 113 Å². The SMILES string of the molecule is CC(C)c1cc(F)cc(C(C)c2ccccc2F)c1. The molecular weight excluding hydrogens is 242 g/mol. The summed E-state index contributed by atoms with van der Waals surface area (Å²) in [4.78, 5) is 0. The first-order chi connectivity index (χ1) is 8.99. The summed E-state index contributed by atoms with van der Waals surface area (Å²) in [6.45, 7) is 5.94. The van der Waals surface area contributed by atoms with E-state index in [9.17, 15) is 8.78 Å². The van der Waals surface area contributed by atoms with Gasteiger partial charge in [0.25, 0.3) is 0 Å². The van der Waals surface area contributed by atoms with E-state index in [-0.39, 0.29) is 23.5 Å². The largest absolute Gasteiger partial charge is 0.207 e. The molecule has 0 radical (unpaired) electrons. The summed E-state index contributed by atoms with van der Waals surface area (Å²) in [5.74, 6) is -0.411. The molecule has 0 aromatic heterocycles. The molecule has 0 aliphatic carbocycles. The fourth-order valence-electron chi connectivity index (χ4n) is 2.23. The predicted octanol–water partition coefficient (Wildman–Crippen LogP) is 5.24. The first-order valence-electron chi connectivity index (χ1n) is 6.54. The number of rotatable bonds is 3. The van der Waals surface area contributed by atoms with E-state index < -0.39 is 0 Å². The summed E-state index contributed by atoms with van der Waals surface area (Å²) in [5, 5.41) is 0. The molecule has 1 unspecified atom stereocenters. The van der Waals surface area contributed by atoms with Gasteiger partial charge in [-0.2, -0.15) is 0 Å². The predicted molar refractivity (Wildman–Crippen MR) is 74.4 cm³/mol. The Kier molecular flexibility index (Phi) is 3.98. The molecule has 1 atom stereocenters. The monoisotopic (exact) mass is 260 g/mol. The molecular formula is C17H18F2. The summed E-state index contributed by atoms with van der Waals surface area (Å²) in [6, 6.07) is 11.7. The normalized spacial score (nSPS) is 12.7. The van der Waals surface area contributed by atoms with Gasteiger partial charge >= 0.3 is 0 Å². The van der Waals surface area contributed by atoms with Crippen LogP contribution in [0, 0.1) is 11.6 Å². The Morgan fingerprint density at radius 2 is 1.47 bits per heavy atom. The molecule has 0 saturated carbocycles. The van der Waals surface area contributed by atoms with Gasteiger partial charge in [0.1, 0.15) is 11.6 Å². The maximum absolute atomic E-state index is 13.8. The van der Waals surface area contributed by atoms with Crippen molar-refractivity contribution in [1.82, 2.24) is 0 Å². The minimum Gasteiger partial charge on any atom is -0.207 e. The van der Waals surface area contributed by atoms with Crippen LogP contribution in [0.1, 0.15) is 49.3 Å². The molecule has 2 rings (SSSR count). The van der Waals surface area contributed by atoms with Crippen LogP contribution in [0.2, 0.25) is 0 Å². The molecule has 0 amide bonds. The van der Waals surface area contributed by atoms with Crippen molar-refractivity contribution >= 4 is 0 Å². The topological polar surface area (TPSA) is 0 Å². The molecule has 0 bridgehead atoms. The van der Waals surface area contributed by atoms with Crippen molar-refractivity contribution in [3.63, 3.8) is 0 Å². The molecule has 0 fully saturated rings. The third kappa shape index (κ3) is 3.01. The van der Waals surface area contributed by atoms with Crippen molar-refractivity contribution in [2.45, 2.75) is 32.6 Å². The molecule has 0 nitrogen and oxygen atoms in total. The maximum atomic E-state index is 13.8. The Bertz CT molecular complexity index is 573. The first-order valence-corrected chi connectivity index (χ1v) is 6.54. The second-order valence-corrected chi connectivity index (χ2v) is 5.22. The number of hydrogen-bond donors (Lipinski definition) is 0. The number of hydrogen-bond acceptors (Lipinski definition) is 0. The van der Waals surface area contributed by atoms with Gasteiger partial charge in [-0.05, 0) is 40.8 Å². The summed E-state index contributed by atoms with van der Waals surface area (Å²) < 4.78 is 27.5. The third-order valence-electron chi connectivity index (χ3n) is 3.48. The van der Waals surface area contributed by atoms with Crippen LogP contribution in [0.25, 0.3) is 0 Å². The van der Waals surface area contributed by atoms with Crippen molar-refractivity contribution in [2.24, 2.45) is 0 Å². The zero-order valence-electron chi connectivity index (χ0n) is 11.5. The second kappa shape index (κ2) is 5.52. The highest BCUT2D eigenvalue weighted by Crippen LogP contribution is 2.29. The van der Waals surface area contributed by atoms with Gasteiger partial charge in [0, 0.05) is 5.92 Å². The van der Waals surface area contributed by atoms with E-state index in [1.165, 1.54) is 12.1 Å². The quantitative estimate of drug-likeness (QED) is 0.708. The van der Waals surface area contributed by atoms with E-state index in [0.717, 1.165) is 11.1 Å². The van der Waals surface area contributed by atoms with Crippen molar-refractivity contribution in [2.75, 3.05) is 0 Å². The van der Waals surface area contributed by atoms with E-state index in [0.29, 0.717) is 5.56 Å². The van der Waals surface area contributed by atoms with Crippen LogP contribution in [-0.2, 0) is 0 Å². The van der Waals surface area contributed by atoms with Gasteiger partial charge < -0.3 is 0 Å². The van der Waals surface area contributed by atoms with Gasteiger partial charge in [-0.1, -0.05) is 45.0 Å². The van der Waals surface area contributed by atoms with Crippen LogP contribution in [0.4, 0.5) is 8.78 Å². The summed E-state index contributed by atoms with van der Waals surface area (Å²) in [5.41, 5.74) is 2.36. The van der Waals surface area contributed by atoms with E-state index in [2.05, 4.69) is 0 Å². The Hall–Kier alpha value is -1.70. The van der Waals surface area contributed by atoms with Crippen LogP contribution in [0.5, 0.6) is 0 Å². The zero-order chi connectivity index (χ0) is 14.0. The molecule has 0 saturated heterocycles. The average molecular weight is 260 g/mol. The molecule has 0 aliphatic rings. The fraction of sp³-hybridized carbons (Fsp3) is 0.294. The number of benzene rings is 2. The lowest BCUT2D eigenvalue weighted by Crippen LogP contribution is -2.01. The summed E-state index contributed by atoms with van der Waals surface area (Å²) in [7, 11) is 0. The van der Waals surface area contributed by atoms with Gasteiger partial charge in [0.05, 0.1) is 0 Å². The Balaban J connectivity index is 2.44. The standard InChI is InChI=1S/C17H18F2/c1-11(2)13-8-14(10-15(18)9-13)12(3)16-6-4-5-7-17(16)19/h4-12H,1-3H3. The lowest BCUT2D eigenvalue weighted by molar-refractivity contribution is 0.598. The van der Waals surface area contributed by atoms with E-state index in [1.54, 1.807) is 24.3 Å². The summed E-state index contributed by atoms with van der Waals surface area (Å²) >= 11 is 0. The Morgan fingerprint density at radius 3 is 2.11 bits per heavy atom. The van der Waals surface area contributed by atoms with Crippen LogP contribution < -0.4 is 0 Å². The minimum absolute atomic E-state index is 0.158. The highest BCUT2D eigenvalue weighted by atomic mass is 19.1. The van der Waals surface area contributed by atoms with Crippen molar-refractivity contribution < 1.29 is 8.78 Å². The van der Waals surface area contributed by atoms with E-state index in [1.807, 2.05) is 26.8 Å². The fourth-order valence-corrected chi connectivity index (χ4v) is 2.23. The molecule has 100 valence electrons. The third-order valence-corrected chi connectivity index (χ3v) is 3.48. The highest BCUT2D eigenvalue weighted by Gasteiger charge is 2.15. The van der Waals surface area contributed by atoms with Crippen LogP contribution in [0.3, 0.4) is 0 Å². The van der Waals surface area contributed by atoms with Crippen LogP contribution in [-0.4, -0.2) is 0 Å². The molecule has 2 aromatic carbocycles. The molecule has 0 heterocycles. The van der Waals surface area contributed by atoms with Gasteiger partial charge in [0.15, 0.2) is 0 Å². The molecule has 19 heavy (non-hydrogen) atoms. The summed E-state index contributed by atoms with van der Waals surface area (Å²) in [6.07, 6.45) is 0. The molecule has 0 N–H and O–H groups in total. The molecule has 2 aromatic rings. The molecule has 2 heteroatoms. The van der Waals surface area contributed by atoms with Crippen molar-refractivity contribution in [1.29, 1.82) is 0 Å². The maximum Gasteiger partial charge on any atom is 0.127 e. The average Bonchev–Trinajstić information content (AvgIpc) is 2.37. The van der Waals surface area contributed by atoms with Gasteiger partial charge in [0.2, 0.25) is 0 Å². The zero-order valence-corrected chi connectivity index (χ0v) is 11.5. The van der Waals surface area contributed by atoms with Crippen LogP contribution in [0.15, 0.2) is 42.5 Å². The van der Waals surface area contributed by atoms with Gasteiger partial charge in [-0.3, -0.25) is 0 Å². The smallest absolute Gasteiger partial charge is 0.127 e. The van der Waals surface area contributed by atoms with Crippen molar-refractivity contribution in [3.05, 3.63) is 70.8 Å². The first kappa shape index (κ1) is 13.7. The van der Waals surface area contributed by atoms with Crippen molar-refractivity contribution in [3.8, 4) is 0 Å². The highest BCUT2D eigenvalue weighted by molar-refractivity contribution is 5.36. The lowest BCUT2D eigenvalue weighted by Gasteiger charge is -2.16. The van der Waals surface area contributed by atoms with Gasteiger partial charge in [-0.25, -0.2) is 8.78 Å². The van der Waals surface area contributed by atoms with E-state index >= 15 is 0 Å². The van der Waals surface area contributed by atoms with Gasteiger partial charge in [-0.15, -0.1) is 0 Å². The second-order valence-electron chi connectivity index (χ2n) is 5.22. The molecule has 0 spiro atoms. The lowest BCUT2D eigenvalue weighted by atomic mass is 9.90. The van der Waals surface area contributed by atoms with Crippen LogP contribution >= 0.6 is 0 Å². The number of halogens is 2. The minimum atomic E-state index is -0.260. The molecule has 0 aliphatic heterocycles. The Morgan fingerprint density at radius 1 is 0.842 bits per heavy atom.